The number of rotatable bonds is 7. The Labute approximate surface area is 158 Å². The molecule has 0 saturated heterocycles. The van der Waals surface area contributed by atoms with E-state index < -0.39 is 0 Å². The van der Waals surface area contributed by atoms with Gasteiger partial charge in [-0.05, 0) is 29.7 Å². The van der Waals surface area contributed by atoms with Crippen LogP contribution >= 0.6 is 0 Å². The fourth-order valence-corrected chi connectivity index (χ4v) is 3.35. The number of hydrogen-bond donors (Lipinski definition) is 2. The van der Waals surface area contributed by atoms with Crippen LogP contribution in [-0.4, -0.2) is 22.3 Å². The quantitative estimate of drug-likeness (QED) is 0.486. The number of Topliss-reactive ketones (excluding diaryl/α,β-unsaturated/α-hetero) is 1. The number of hydrogen-bond acceptors (Lipinski definition) is 3. The highest BCUT2D eigenvalue weighted by Gasteiger charge is 2.23. The molecular weight excluding hydrogens is 334 g/mol. The SMILES string of the molecule is O=C(c1c[nH]c2ccccc12)[C@H](NCCc1cccnc1)c1ccccc1. The highest BCUT2D eigenvalue weighted by Crippen LogP contribution is 2.24. The molecule has 4 nitrogen and oxygen atoms in total. The maximum absolute atomic E-state index is 13.4. The van der Waals surface area contributed by atoms with E-state index in [4.69, 9.17) is 0 Å². The molecule has 0 aliphatic rings. The lowest BCUT2D eigenvalue weighted by Gasteiger charge is -2.18. The standard InChI is InChI=1S/C23H21N3O/c27-23(20-16-26-21-11-5-4-10-19(20)21)22(18-8-2-1-3-9-18)25-14-12-17-7-6-13-24-15-17/h1-11,13,15-16,22,25-26H,12,14H2/t22-/m1/s1. The van der Waals surface area contributed by atoms with Crippen molar-refractivity contribution in [2.75, 3.05) is 6.54 Å². The van der Waals surface area contributed by atoms with E-state index in [-0.39, 0.29) is 11.8 Å². The van der Waals surface area contributed by atoms with E-state index >= 15 is 0 Å². The molecule has 0 unspecified atom stereocenters. The summed E-state index contributed by atoms with van der Waals surface area (Å²) in [5.41, 5.74) is 3.81. The Balaban J connectivity index is 1.59. The van der Waals surface area contributed by atoms with Gasteiger partial charge in [-0.3, -0.25) is 9.78 Å². The van der Waals surface area contributed by atoms with Crippen LogP contribution in [0.3, 0.4) is 0 Å². The Bertz CT molecular complexity index is 1030. The summed E-state index contributed by atoms with van der Waals surface area (Å²) in [4.78, 5) is 20.7. The first-order chi connectivity index (χ1) is 13.3. The van der Waals surface area contributed by atoms with Gasteiger partial charge in [-0.25, -0.2) is 0 Å². The van der Waals surface area contributed by atoms with E-state index in [1.807, 2.05) is 79.1 Å². The molecule has 0 aliphatic carbocycles. The largest absolute Gasteiger partial charge is 0.360 e. The van der Waals surface area contributed by atoms with E-state index in [1.54, 1.807) is 6.20 Å². The summed E-state index contributed by atoms with van der Waals surface area (Å²) in [5, 5.41) is 4.40. The summed E-state index contributed by atoms with van der Waals surface area (Å²) in [5.74, 6) is 0.0739. The summed E-state index contributed by atoms with van der Waals surface area (Å²) < 4.78 is 0. The number of carbonyl (C=O) groups is 1. The highest BCUT2D eigenvalue weighted by molar-refractivity contribution is 6.10. The molecule has 0 radical (unpaired) electrons. The smallest absolute Gasteiger partial charge is 0.186 e. The van der Waals surface area contributed by atoms with Gasteiger partial charge in [0.15, 0.2) is 5.78 Å². The molecule has 4 aromatic rings. The number of benzene rings is 2. The molecule has 4 rings (SSSR count). The normalized spacial score (nSPS) is 12.1. The summed E-state index contributed by atoms with van der Waals surface area (Å²) in [6, 6.07) is 21.4. The van der Waals surface area contributed by atoms with E-state index in [0.29, 0.717) is 12.1 Å². The predicted octanol–water partition coefficient (Wildman–Crippen LogP) is 4.32. The van der Waals surface area contributed by atoms with Crippen molar-refractivity contribution in [3.8, 4) is 0 Å². The van der Waals surface area contributed by atoms with Crippen molar-refractivity contribution in [2.24, 2.45) is 0 Å². The van der Waals surface area contributed by atoms with Crippen LogP contribution in [0.4, 0.5) is 0 Å². The maximum Gasteiger partial charge on any atom is 0.186 e. The minimum absolute atomic E-state index is 0.0739. The number of aromatic amines is 1. The molecule has 27 heavy (non-hydrogen) atoms. The van der Waals surface area contributed by atoms with Gasteiger partial charge in [-0.1, -0.05) is 54.6 Å². The molecule has 1 atom stereocenters. The molecule has 0 bridgehead atoms. The monoisotopic (exact) mass is 355 g/mol. The number of carbonyl (C=O) groups excluding carboxylic acids is 1. The van der Waals surface area contributed by atoms with Crippen molar-refractivity contribution in [1.82, 2.24) is 15.3 Å². The summed E-state index contributed by atoms with van der Waals surface area (Å²) in [7, 11) is 0. The number of nitrogens with zero attached hydrogens (tertiary/aromatic N) is 1. The van der Waals surface area contributed by atoms with Gasteiger partial charge < -0.3 is 10.3 Å². The van der Waals surface area contributed by atoms with Gasteiger partial charge in [0.1, 0.15) is 0 Å². The van der Waals surface area contributed by atoms with Crippen LogP contribution in [0, 0.1) is 0 Å². The zero-order valence-electron chi connectivity index (χ0n) is 14.9. The topological polar surface area (TPSA) is 57.8 Å². The lowest BCUT2D eigenvalue weighted by atomic mass is 9.97. The number of para-hydroxylation sites is 1. The van der Waals surface area contributed by atoms with Crippen LogP contribution in [0.1, 0.15) is 27.5 Å². The molecule has 2 aromatic heterocycles. The van der Waals surface area contributed by atoms with Crippen molar-refractivity contribution in [3.63, 3.8) is 0 Å². The minimum Gasteiger partial charge on any atom is -0.360 e. The van der Waals surface area contributed by atoms with Crippen molar-refractivity contribution in [1.29, 1.82) is 0 Å². The zero-order valence-corrected chi connectivity index (χ0v) is 14.9. The van der Waals surface area contributed by atoms with Crippen molar-refractivity contribution < 1.29 is 4.79 Å². The van der Waals surface area contributed by atoms with Crippen molar-refractivity contribution >= 4 is 16.7 Å². The summed E-state index contributed by atoms with van der Waals surface area (Å²) in [6.07, 6.45) is 6.26. The Morgan fingerprint density at radius 2 is 1.81 bits per heavy atom. The number of pyridine rings is 1. The second-order valence-electron chi connectivity index (χ2n) is 6.52. The molecule has 2 aromatic carbocycles. The highest BCUT2D eigenvalue weighted by atomic mass is 16.1. The number of H-pyrrole nitrogens is 1. The third-order valence-electron chi connectivity index (χ3n) is 4.73. The molecule has 0 fully saturated rings. The number of aromatic nitrogens is 2. The van der Waals surface area contributed by atoms with Crippen molar-refractivity contribution in [2.45, 2.75) is 12.5 Å². The average Bonchev–Trinajstić information content (AvgIpc) is 3.16. The second-order valence-corrected chi connectivity index (χ2v) is 6.52. The molecular formula is C23H21N3O. The lowest BCUT2D eigenvalue weighted by molar-refractivity contribution is 0.0945. The van der Waals surface area contributed by atoms with Gasteiger partial charge >= 0.3 is 0 Å². The van der Waals surface area contributed by atoms with Gasteiger partial charge in [0.25, 0.3) is 0 Å². The number of fused-ring (bicyclic) bond motifs is 1. The van der Waals surface area contributed by atoms with Crippen LogP contribution < -0.4 is 5.32 Å². The van der Waals surface area contributed by atoms with Crippen LogP contribution in [0.25, 0.3) is 10.9 Å². The van der Waals surface area contributed by atoms with E-state index in [1.165, 1.54) is 0 Å². The van der Waals surface area contributed by atoms with Gasteiger partial charge in [-0.2, -0.15) is 0 Å². The third-order valence-corrected chi connectivity index (χ3v) is 4.73. The van der Waals surface area contributed by atoms with Gasteiger partial charge in [0, 0.05) is 41.6 Å². The average molecular weight is 355 g/mol. The number of ketones is 1. The summed E-state index contributed by atoms with van der Waals surface area (Å²) in [6.45, 7) is 0.694. The predicted molar refractivity (Wildman–Crippen MR) is 108 cm³/mol. The van der Waals surface area contributed by atoms with E-state index in [0.717, 1.165) is 28.5 Å². The molecule has 4 heteroatoms. The first kappa shape index (κ1) is 17.2. The Kier molecular flexibility index (Phi) is 5.08. The Hall–Kier alpha value is -3.24. The molecule has 0 amide bonds. The second kappa shape index (κ2) is 7.98. The Morgan fingerprint density at radius 1 is 1.00 bits per heavy atom. The van der Waals surface area contributed by atoms with Crippen LogP contribution in [0.2, 0.25) is 0 Å². The molecule has 0 aliphatic heterocycles. The third kappa shape index (κ3) is 3.81. The van der Waals surface area contributed by atoms with Crippen LogP contribution in [0.5, 0.6) is 0 Å². The lowest BCUT2D eigenvalue weighted by Crippen LogP contribution is -2.30. The van der Waals surface area contributed by atoms with E-state index in [2.05, 4.69) is 15.3 Å². The van der Waals surface area contributed by atoms with Gasteiger partial charge in [0.2, 0.25) is 0 Å². The number of nitrogens with one attached hydrogen (secondary N) is 2. The van der Waals surface area contributed by atoms with Gasteiger partial charge in [-0.15, -0.1) is 0 Å². The first-order valence-electron chi connectivity index (χ1n) is 9.10. The first-order valence-corrected chi connectivity index (χ1v) is 9.10. The molecule has 0 saturated carbocycles. The molecule has 0 spiro atoms. The Morgan fingerprint density at radius 3 is 2.63 bits per heavy atom. The fourth-order valence-electron chi connectivity index (χ4n) is 3.35. The van der Waals surface area contributed by atoms with Crippen molar-refractivity contribution in [3.05, 3.63) is 102 Å². The molecule has 2 N–H and O–H groups in total. The molecule has 2 heterocycles. The van der Waals surface area contributed by atoms with Crippen LogP contribution in [-0.2, 0) is 6.42 Å². The maximum atomic E-state index is 13.4. The van der Waals surface area contributed by atoms with Gasteiger partial charge in [0.05, 0.1) is 6.04 Å². The zero-order chi connectivity index (χ0) is 18.5. The summed E-state index contributed by atoms with van der Waals surface area (Å²) >= 11 is 0. The molecule has 134 valence electrons. The fraction of sp³-hybridized carbons (Fsp3) is 0.130. The van der Waals surface area contributed by atoms with Crippen LogP contribution in [0.15, 0.2) is 85.3 Å². The van der Waals surface area contributed by atoms with E-state index in [9.17, 15) is 4.79 Å². The minimum atomic E-state index is -0.387.